The summed E-state index contributed by atoms with van der Waals surface area (Å²) in [6.45, 7) is 5.31. The van der Waals surface area contributed by atoms with Crippen LogP contribution in [-0.4, -0.2) is 11.6 Å². The molecule has 4 nitrogen and oxygen atoms in total. The Hall–Kier alpha value is -1.76. The van der Waals surface area contributed by atoms with Crippen LogP contribution in [0.1, 0.15) is 26.5 Å². The van der Waals surface area contributed by atoms with E-state index in [1.54, 1.807) is 32.9 Å². The summed E-state index contributed by atoms with van der Waals surface area (Å²) in [7, 11) is 0. The van der Waals surface area contributed by atoms with E-state index in [4.69, 9.17) is 14.4 Å². The van der Waals surface area contributed by atoms with Crippen LogP contribution in [0.25, 0.3) is 0 Å². The molecule has 0 fully saturated rings. The highest BCUT2D eigenvalue weighted by molar-refractivity contribution is 5.75. The molecule has 1 atom stereocenters. The zero-order valence-corrected chi connectivity index (χ0v) is 9.69. The summed E-state index contributed by atoms with van der Waals surface area (Å²) in [6.07, 6.45) is 1.76. The van der Waals surface area contributed by atoms with E-state index in [1.165, 1.54) is 6.26 Å². The zero-order valence-electron chi connectivity index (χ0n) is 9.69. The molecule has 4 heteroatoms. The van der Waals surface area contributed by atoms with Crippen molar-refractivity contribution >= 4 is 5.97 Å². The lowest BCUT2D eigenvalue weighted by Crippen LogP contribution is -2.29. The van der Waals surface area contributed by atoms with Crippen molar-refractivity contribution in [3.05, 3.63) is 24.2 Å². The van der Waals surface area contributed by atoms with Crippen LogP contribution in [0.15, 0.2) is 22.8 Å². The molecule has 1 unspecified atom stereocenters. The Morgan fingerprint density at radius 2 is 2.31 bits per heavy atom. The summed E-state index contributed by atoms with van der Waals surface area (Å²) in [6, 6.07) is 5.38. The maximum absolute atomic E-state index is 11.6. The van der Waals surface area contributed by atoms with Gasteiger partial charge in [0.15, 0.2) is 5.92 Å². The summed E-state index contributed by atoms with van der Waals surface area (Å²) in [5, 5.41) is 8.90. The molecule has 1 rings (SSSR count). The third-order valence-corrected chi connectivity index (χ3v) is 1.83. The van der Waals surface area contributed by atoms with Gasteiger partial charge >= 0.3 is 5.97 Å². The molecule has 0 N–H and O–H groups in total. The van der Waals surface area contributed by atoms with Gasteiger partial charge in [-0.05, 0) is 32.9 Å². The van der Waals surface area contributed by atoms with Crippen molar-refractivity contribution in [1.29, 1.82) is 5.26 Å². The number of nitriles is 1. The Labute approximate surface area is 94.8 Å². The number of rotatable bonds is 3. The van der Waals surface area contributed by atoms with Crippen LogP contribution < -0.4 is 0 Å². The summed E-state index contributed by atoms with van der Waals surface area (Å²) in [4.78, 5) is 11.6. The lowest BCUT2D eigenvalue weighted by molar-refractivity contribution is -0.157. The number of hydrogen-bond acceptors (Lipinski definition) is 4. The molecule has 0 spiro atoms. The number of ether oxygens (including phenoxy) is 1. The average molecular weight is 221 g/mol. The van der Waals surface area contributed by atoms with E-state index in [0.717, 1.165) is 0 Å². The molecule has 0 amide bonds. The molecule has 1 heterocycles. The third-order valence-electron chi connectivity index (χ3n) is 1.83. The topological polar surface area (TPSA) is 63.2 Å². The van der Waals surface area contributed by atoms with E-state index in [9.17, 15) is 4.79 Å². The first-order chi connectivity index (χ1) is 7.42. The SMILES string of the molecule is CC(C)(C)OC(=O)C(C#N)Cc1ccco1. The fraction of sp³-hybridized carbons (Fsp3) is 0.500. The second-order valence-electron chi connectivity index (χ2n) is 4.50. The molecule has 16 heavy (non-hydrogen) atoms. The minimum Gasteiger partial charge on any atom is -0.469 e. The Balaban J connectivity index is 2.62. The second-order valence-corrected chi connectivity index (χ2v) is 4.50. The third kappa shape index (κ3) is 3.77. The van der Waals surface area contributed by atoms with Crippen LogP contribution in [0.5, 0.6) is 0 Å². The van der Waals surface area contributed by atoms with Gasteiger partial charge in [0, 0.05) is 6.42 Å². The summed E-state index contributed by atoms with van der Waals surface area (Å²) in [5.74, 6) is -0.714. The van der Waals surface area contributed by atoms with Crippen LogP contribution in [0.4, 0.5) is 0 Å². The molecule has 0 saturated heterocycles. The van der Waals surface area contributed by atoms with Gasteiger partial charge in [-0.25, -0.2) is 0 Å². The molecule has 0 aromatic carbocycles. The quantitative estimate of drug-likeness (QED) is 0.735. The smallest absolute Gasteiger partial charge is 0.324 e. The van der Waals surface area contributed by atoms with Crippen LogP contribution >= 0.6 is 0 Å². The zero-order chi connectivity index (χ0) is 12.2. The highest BCUT2D eigenvalue weighted by atomic mass is 16.6. The predicted octanol–water partition coefficient (Wildman–Crippen LogP) is 2.30. The molecule has 86 valence electrons. The fourth-order valence-corrected chi connectivity index (χ4v) is 1.18. The first-order valence-electron chi connectivity index (χ1n) is 5.07. The standard InChI is InChI=1S/C12H15NO3/c1-12(2,3)16-11(14)9(8-13)7-10-5-4-6-15-10/h4-6,9H,7H2,1-3H3. The van der Waals surface area contributed by atoms with Crippen LogP contribution in [-0.2, 0) is 16.0 Å². The maximum Gasteiger partial charge on any atom is 0.324 e. The van der Waals surface area contributed by atoms with E-state index >= 15 is 0 Å². The largest absolute Gasteiger partial charge is 0.469 e. The Bertz CT molecular complexity index is 381. The number of nitrogens with zero attached hydrogens (tertiary/aromatic N) is 1. The Morgan fingerprint density at radius 3 is 2.75 bits per heavy atom. The van der Waals surface area contributed by atoms with Crippen molar-refractivity contribution in [1.82, 2.24) is 0 Å². The van der Waals surface area contributed by atoms with Gasteiger partial charge in [-0.2, -0.15) is 5.26 Å². The van der Waals surface area contributed by atoms with Gasteiger partial charge in [0.05, 0.1) is 12.3 Å². The number of furan rings is 1. The summed E-state index contributed by atoms with van der Waals surface area (Å²) in [5.41, 5.74) is -0.574. The Kier molecular flexibility index (Phi) is 3.73. The lowest BCUT2D eigenvalue weighted by atomic mass is 10.1. The average Bonchev–Trinajstić information content (AvgIpc) is 2.63. The number of carbonyl (C=O) groups is 1. The minimum atomic E-state index is -0.814. The van der Waals surface area contributed by atoms with Gasteiger partial charge in [0.25, 0.3) is 0 Å². The predicted molar refractivity (Wildman–Crippen MR) is 57.4 cm³/mol. The lowest BCUT2D eigenvalue weighted by Gasteiger charge is -2.20. The van der Waals surface area contributed by atoms with E-state index in [0.29, 0.717) is 5.76 Å². The van der Waals surface area contributed by atoms with Gasteiger partial charge in [-0.15, -0.1) is 0 Å². The second kappa shape index (κ2) is 4.84. The molecule has 1 aromatic rings. The van der Waals surface area contributed by atoms with E-state index in [2.05, 4.69) is 0 Å². The first-order valence-corrected chi connectivity index (χ1v) is 5.07. The van der Waals surface area contributed by atoms with Crippen molar-refractivity contribution in [3.63, 3.8) is 0 Å². The highest BCUT2D eigenvalue weighted by Gasteiger charge is 2.25. The van der Waals surface area contributed by atoms with Gasteiger partial charge in [-0.3, -0.25) is 4.79 Å². The fourth-order valence-electron chi connectivity index (χ4n) is 1.18. The van der Waals surface area contributed by atoms with Crippen LogP contribution in [0.2, 0.25) is 0 Å². The van der Waals surface area contributed by atoms with E-state index in [1.807, 2.05) is 6.07 Å². The van der Waals surface area contributed by atoms with Crippen LogP contribution in [0, 0.1) is 17.2 Å². The number of esters is 1. The highest BCUT2D eigenvalue weighted by Crippen LogP contribution is 2.15. The first kappa shape index (κ1) is 12.3. The van der Waals surface area contributed by atoms with Gasteiger partial charge < -0.3 is 9.15 Å². The van der Waals surface area contributed by atoms with E-state index in [-0.39, 0.29) is 6.42 Å². The van der Waals surface area contributed by atoms with Gasteiger partial charge in [0.2, 0.25) is 0 Å². The molecule has 0 aliphatic rings. The molecule has 0 aliphatic carbocycles. The molecular formula is C12H15NO3. The Morgan fingerprint density at radius 1 is 1.62 bits per heavy atom. The molecular weight excluding hydrogens is 206 g/mol. The summed E-state index contributed by atoms with van der Waals surface area (Å²) >= 11 is 0. The minimum absolute atomic E-state index is 0.248. The molecule has 0 aliphatic heterocycles. The van der Waals surface area contributed by atoms with Crippen molar-refractivity contribution in [3.8, 4) is 6.07 Å². The number of carbonyl (C=O) groups excluding carboxylic acids is 1. The normalized spacial score (nSPS) is 12.9. The van der Waals surface area contributed by atoms with Crippen LogP contribution in [0.3, 0.4) is 0 Å². The van der Waals surface area contributed by atoms with Crippen molar-refractivity contribution in [2.75, 3.05) is 0 Å². The maximum atomic E-state index is 11.6. The monoisotopic (exact) mass is 221 g/mol. The van der Waals surface area contributed by atoms with Gasteiger partial charge in [0.1, 0.15) is 11.4 Å². The van der Waals surface area contributed by atoms with E-state index < -0.39 is 17.5 Å². The molecule has 0 radical (unpaired) electrons. The molecule has 0 saturated carbocycles. The van der Waals surface area contributed by atoms with Gasteiger partial charge in [-0.1, -0.05) is 0 Å². The van der Waals surface area contributed by atoms with Crippen molar-refractivity contribution < 1.29 is 13.9 Å². The molecule has 0 bridgehead atoms. The van der Waals surface area contributed by atoms with Crippen molar-refractivity contribution in [2.45, 2.75) is 32.8 Å². The number of hydrogen-bond donors (Lipinski definition) is 0. The van der Waals surface area contributed by atoms with Crippen molar-refractivity contribution in [2.24, 2.45) is 5.92 Å². The summed E-state index contributed by atoms with van der Waals surface area (Å²) < 4.78 is 10.2. The molecule has 1 aromatic heterocycles.